The van der Waals surface area contributed by atoms with E-state index in [-0.39, 0.29) is 5.56 Å². The summed E-state index contributed by atoms with van der Waals surface area (Å²) >= 11 is 17.7. The molecule has 20 heavy (non-hydrogen) atoms. The second kappa shape index (κ2) is 6.35. The summed E-state index contributed by atoms with van der Waals surface area (Å²) in [7, 11) is 0. The number of anilines is 1. The topological polar surface area (TPSA) is 55.1 Å². The average molecular weight is 330 g/mol. The number of carbonyl (C=O) groups excluding carboxylic acids is 1. The van der Waals surface area contributed by atoms with E-state index in [1.54, 1.807) is 24.3 Å². The van der Waals surface area contributed by atoms with Crippen molar-refractivity contribution in [2.75, 3.05) is 5.32 Å². The van der Waals surface area contributed by atoms with E-state index in [0.29, 0.717) is 21.6 Å². The van der Waals surface area contributed by atoms with E-state index in [1.165, 1.54) is 0 Å². The van der Waals surface area contributed by atoms with Crippen LogP contribution in [0.15, 0.2) is 36.4 Å². The summed E-state index contributed by atoms with van der Waals surface area (Å²) in [5, 5.41) is 4.63. The van der Waals surface area contributed by atoms with Gasteiger partial charge in [-0.2, -0.15) is 0 Å². The van der Waals surface area contributed by atoms with Crippen LogP contribution in [0.25, 0.3) is 0 Å². The van der Waals surface area contributed by atoms with Crippen molar-refractivity contribution >= 4 is 46.4 Å². The van der Waals surface area contributed by atoms with Gasteiger partial charge in [0.2, 0.25) is 5.91 Å². The van der Waals surface area contributed by atoms with Crippen molar-refractivity contribution in [3.63, 3.8) is 0 Å². The molecule has 0 aliphatic heterocycles. The largest absolute Gasteiger partial charge is 0.381 e. The van der Waals surface area contributed by atoms with Crippen molar-refractivity contribution in [1.29, 1.82) is 0 Å². The Morgan fingerprint density at radius 3 is 2.30 bits per heavy atom. The molecular formula is C14H11Cl3N2O. The van der Waals surface area contributed by atoms with Gasteiger partial charge in [0.05, 0.1) is 10.6 Å². The number of benzene rings is 2. The standard InChI is InChI=1S/C14H11Cl3N2O/c15-9-3-8(4-10(16)5-9)7-19-11-1-2-13(17)12(6-11)14(18)20/h1-6,19H,7H2,(H2,18,20). The summed E-state index contributed by atoms with van der Waals surface area (Å²) < 4.78 is 0. The molecular weight excluding hydrogens is 319 g/mol. The van der Waals surface area contributed by atoms with Crippen molar-refractivity contribution in [3.05, 3.63) is 62.6 Å². The lowest BCUT2D eigenvalue weighted by Gasteiger charge is -2.09. The molecule has 2 aromatic rings. The number of hydrogen-bond acceptors (Lipinski definition) is 2. The summed E-state index contributed by atoms with van der Waals surface area (Å²) in [5.41, 5.74) is 7.19. The van der Waals surface area contributed by atoms with Crippen LogP contribution in [0.1, 0.15) is 15.9 Å². The fourth-order valence-corrected chi connectivity index (χ4v) is 2.52. The minimum atomic E-state index is -0.565. The fraction of sp³-hybridized carbons (Fsp3) is 0.0714. The molecule has 2 rings (SSSR count). The molecule has 0 aromatic heterocycles. The van der Waals surface area contributed by atoms with Gasteiger partial charge in [0.1, 0.15) is 0 Å². The Hall–Kier alpha value is -1.42. The SMILES string of the molecule is NC(=O)c1cc(NCc2cc(Cl)cc(Cl)c2)ccc1Cl. The Balaban J connectivity index is 2.14. The minimum absolute atomic E-state index is 0.279. The van der Waals surface area contributed by atoms with Gasteiger partial charge in [-0.1, -0.05) is 34.8 Å². The summed E-state index contributed by atoms with van der Waals surface area (Å²) in [6, 6.07) is 10.3. The van der Waals surface area contributed by atoms with Crippen molar-refractivity contribution in [2.24, 2.45) is 5.73 Å². The Morgan fingerprint density at radius 1 is 1.05 bits per heavy atom. The Bertz CT molecular complexity index is 639. The quantitative estimate of drug-likeness (QED) is 0.875. The second-order valence-corrected chi connectivity index (χ2v) is 5.47. The normalized spacial score (nSPS) is 10.3. The van der Waals surface area contributed by atoms with Crippen LogP contribution in [0.2, 0.25) is 15.1 Å². The number of halogens is 3. The first-order valence-electron chi connectivity index (χ1n) is 5.74. The molecule has 0 heterocycles. The summed E-state index contributed by atoms with van der Waals surface area (Å²) in [6.07, 6.45) is 0. The Morgan fingerprint density at radius 2 is 1.70 bits per heavy atom. The van der Waals surface area contributed by atoms with Crippen LogP contribution < -0.4 is 11.1 Å². The maximum Gasteiger partial charge on any atom is 0.250 e. The van der Waals surface area contributed by atoms with E-state index in [1.807, 2.05) is 12.1 Å². The van der Waals surface area contributed by atoms with E-state index in [4.69, 9.17) is 40.5 Å². The maximum absolute atomic E-state index is 11.2. The van der Waals surface area contributed by atoms with Gasteiger partial charge in [-0.25, -0.2) is 0 Å². The lowest BCUT2D eigenvalue weighted by atomic mass is 10.1. The van der Waals surface area contributed by atoms with Crippen molar-refractivity contribution < 1.29 is 4.79 Å². The predicted octanol–water partition coefficient (Wildman–Crippen LogP) is 4.36. The van der Waals surface area contributed by atoms with Crippen LogP contribution in [-0.2, 0) is 6.54 Å². The molecule has 0 unspecified atom stereocenters. The number of nitrogens with one attached hydrogen (secondary N) is 1. The highest BCUT2D eigenvalue weighted by Crippen LogP contribution is 2.22. The highest BCUT2D eigenvalue weighted by atomic mass is 35.5. The van der Waals surface area contributed by atoms with Crippen LogP contribution in [0, 0.1) is 0 Å². The predicted molar refractivity (Wildman–Crippen MR) is 83.8 cm³/mol. The number of nitrogens with two attached hydrogens (primary N) is 1. The molecule has 0 aliphatic rings. The molecule has 3 N–H and O–H groups in total. The highest BCUT2D eigenvalue weighted by molar-refractivity contribution is 6.34. The molecule has 6 heteroatoms. The van der Waals surface area contributed by atoms with E-state index in [2.05, 4.69) is 5.32 Å². The molecule has 104 valence electrons. The molecule has 2 aromatic carbocycles. The van der Waals surface area contributed by atoms with Crippen LogP contribution >= 0.6 is 34.8 Å². The summed E-state index contributed by atoms with van der Waals surface area (Å²) in [6.45, 7) is 0.514. The molecule has 0 saturated heterocycles. The van der Waals surface area contributed by atoms with Gasteiger partial charge in [-0.15, -0.1) is 0 Å². The molecule has 3 nitrogen and oxygen atoms in total. The molecule has 0 aliphatic carbocycles. The van der Waals surface area contributed by atoms with Crippen LogP contribution in [0.3, 0.4) is 0 Å². The highest BCUT2D eigenvalue weighted by Gasteiger charge is 2.07. The van der Waals surface area contributed by atoms with Gasteiger partial charge in [0, 0.05) is 22.3 Å². The van der Waals surface area contributed by atoms with Crippen molar-refractivity contribution in [3.8, 4) is 0 Å². The van der Waals surface area contributed by atoms with Gasteiger partial charge in [0.25, 0.3) is 0 Å². The van der Waals surface area contributed by atoms with Gasteiger partial charge in [-0.3, -0.25) is 4.79 Å². The average Bonchev–Trinajstić information content (AvgIpc) is 2.36. The summed E-state index contributed by atoms with van der Waals surface area (Å²) in [4.78, 5) is 11.2. The second-order valence-electron chi connectivity index (χ2n) is 4.19. The number of carbonyl (C=O) groups is 1. The molecule has 0 bridgehead atoms. The van der Waals surface area contributed by atoms with Gasteiger partial charge in [0.15, 0.2) is 0 Å². The molecule has 1 amide bonds. The monoisotopic (exact) mass is 328 g/mol. The molecule has 0 saturated carbocycles. The molecule has 0 atom stereocenters. The Kier molecular flexibility index (Phi) is 4.76. The van der Waals surface area contributed by atoms with E-state index < -0.39 is 5.91 Å². The molecule has 0 spiro atoms. The minimum Gasteiger partial charge on any atom is -0.381 e. The smallest absolute Gasteiger partial charge is 0.250 e. The zero-order valence-corrected chi connectivity index (χ0v) is 12.6. The van der Waals surface area contributed by atoms with Gasteiger partial charge in [-0.05, 0) is 42.0 Å². The van der Waals surface area contributed by atoms with Crippen molar-refractivity contribution in [2.45, 2.75) is 6.54 Å². The maximum atomic E-state index is 11.2. The fourth-order valence-electron chi connectivity index (χ4n) is 1.74. The van der Waals surface area contributed by atoms with E-state index in [9.17, 15) is 4.79 Å². The lowest BCUT2D eigenvalue weighted by Crippen LogP contribution is -2.12. The van der Waals surface area contributed by atoms with Crippen molar-refractivity contribution in [1.82, 2.24) is 0 Å². The lowest BCUT2D eigenvalue weighted by molar-refractivity contribution is 0.100. The third kappa shape index (κ3) is 3.79. The van der Waals surface area contributed by atoms with Crippen LogP contribution in [-0.4, -0.2) is 5.91 Å². The number of primary amides is 1. The number of amides is 1. The van der Waals surface area contributed by atoms with Crippen LogP contribution in [0.4, 0.5) is 5.69 Å². The van der Waals surface area contributed by atoms with E-state index in [0.717, 1.165) is 11.3 Å². The Labute approximate surface area is 131 Å². The zero-order valence-electron chi connectivity index (χ0n) is 10.3. The van der Waals surface area contributed by atoms with Gasteiger partial charge < -0.3 is 11.1 Å². The molecule has 0 fully saturated rings. The zero-order chi connectivity index (χ0) is 14.7. The first-order valence-corrected chi connectivity index (χ1v) is 6.87. The van der Waals surface area contributed by atoms with E-state index >= 15 is 0 Å². The summed E-state index contributed by atoms with van der Waals surface area (Å²) in [5.74, 6) is -0.565. The number of rotatable bonds is 4. The first kappa shape index (κ1) is 15.0. The van der Waals surface area contributed by atoms with Gasteiger partial charge >= 0.3 is 0 Å². The van der Waals surface area contributed by atoms with Crippen LogP contribution in [0.5, 0.6) is 0 Å². The number of hydrogen-bond donors (Lipinski definition) is 2. The molecule has 0 radical (unpaired) electrons. The third-order valence-electron chi connectivity index (χ3n) is 2.65. The first-order chi connectivity index (χ1) is 9.45. The third-order valence-corrected chi connectivity index (χ3v) is 3.42.